The lowest BCUT2D eigenvalue weighted by Gasteiger charge is -2.27. The van der Waals surface area contributed by atoms with Crippen LogP contribution < -0.4 is 15.2 Å². The van der Waals surface area contributed by atoms with E-state index in [0.717, 1.165) is 12.2 Å². The van der Waals surface area contributed by atoms with Crippen LogP contribution in [0.5, 0.6) is 11.5 Å². The van der Waals surface area contributed by atoms with E-state index in [4.69, 9.17) is 19.9 Å². The van der Waals surface area contributed by atoms with E-state index in [1.807, 2.05) is 12.1 Å². The van der Waals surface area contributed by atoms with E-state index >= 15 is 0 Å². The highest BCUT2D eigenvalue weighted by Gasteiger charge is 2.47. The first-order chi connectivity index (χ1) is 8.73. The molecule has 2 N–H and O–H groups in total. The Bertz CT molecular complexity index is 468. The summed E-state index contributed by atoms with van der Waals surface area (Å²) in [4.78, 5) is 0. The molecule has 1 atom stereocenters. The Hall–Kier alpha value is -1.42. The second-order valence-corrected chi connectivity index (χ2v) is 6.18. The molecule has 0 radical (unpaired) electrons. The quantitative estimate of drug-likeness (QED) is 0.854. The molecule has 2 rings (SSSR count). The van der Waals surface area contributed by atoms with Gasteiger partial charge < -0.3 is 19.9 Å². The molecule has 4 heteroatoms. The van der Waals surface area contributed by atoms with Crippen molar-refractivity contribution in [3.8, 4) is 11.5 Å². The molecule has 0 aromatic heterocycles. The zero-order chi connectivity index (χ0) is 14.3. The summed E-state index contributed by atoms with van der Waals surface area (Å²) in [6.45, 7) is 8.28. The number of ether oxygens (including phenoxy) is 3. The van der Waals surface area contributed by atoms with Crippen LogP contribution >= 0.6 is 0 Å². The van der Waals surface area contributed by atoms with Gasteiger partial charge in [0.2, 0.25) is 0 Å². The zero-order valence-electron chi connectivity index (χ0n) is 12.3. The summed E-state index contributed by atoms with van der Waals surface area (Å²) >= 11 is 0. The molecule has 0 aliphatic carbocycles. The summed E-state index contributed by atoms with van der Waals surface area (Å²) in [5.41, 5.74) is 6.00. The number of nitrogens with two attached hydrogens (primary N) is 1. The fourth-order valence-corrected chi connectivity index (χ4v) is 2.65. The second-order valence-electron chi connectivity index (χ2n) is 6.18. The molecule has 4 nitrogen and oxygen atoms in total. The van der Waals surface area contributed by atoms with Gasteiger partial charge in [0, 0.05) is 12.5 Å². The molecule has 1 aromatic carbocycles. The SMILES string of the molecule is COc1ccc(OC2CC(C)(C)OC2(C)C)cc1N. The van der Waals surface area contributed by atoms with Crippen molar-refractivity contribution in [1.82, 2.24) is 0 Å². The van der Waals surface area contributed by atoms with E-state index in [9.17, 15) is 0 Å². The highest BCUT2D eigenvalue weighted by molar-refractivity contribution is 5.56. The number of benzene rings is 1. The van der Waals surface area contributed by atoms with Crippen molar-refractivity contribution >= 4 is 5.69 Å². The minimum Gasteiger partial charge on any atom is -0.495 e. The van der Waals surface area contributed by atoms with Crippen LogP contribution in [0.2, 0.25) is 0 Å². The molecule has 1 saturated heterocycles. The predicted molar refractivity (Wildman–Crippen MR) is 75.7 cm³/mol. The van der Waals surface area contributed by atoms with Gasteiger partial charge in [0.1, 0.15) is 23.2 Å². The van der Waals surface area contributed by atoms with Crippen molar-refractivity contribution in [2.75, 3.05) is 12.8 Å². The molecule has 106 valence electrons. The average Bonchev–Trinajstić information content (AvgIpc) is 2.47. The fourth-order valence-electron chi connectivity index (χ4n) is 2.65. The van der Waals surface area contributed by atoms with Gasteiger partial charge >= 0.3 is 0 Å². The molecule has 1 heterocycles. The molecule has 0 saturated carbocycles. The van der Waals surface area contributed by atoms with Crippen LogP contribution in [0, 0.1) is 0 Å². The third kappa shape index (κ3) is 2.95. The Morgan fingerprint density at radius 2 is 1.95 bits per heavy atom. The third-order valence-corrected chi connectivity index (χ3v) is 3.47. The lowest BCUT2D eigenvalue weighted by Crippen LogP contribution is -2.36. The van der Waals surface area contributed by atoms with Crippen LogP contribution in [-0.4, -0.2) is 24.4 Å². The molecular formula is C15H23NO3. The first-order valence-corrected chi connectivity index (χ1v) is 6.54. The monoisotopic (exact) mass is 265 g/mol. The Balaban J connectivity index is 2.15. The van der Waals surface area contributed by atoms with E-state index < -0.39 is 0 Å². The summed E-state index contributed by atoms with van der Waals surface area (Å²) in [5.74, 6) is 1.41. The van der Waals surface area contributed by atoms with Gasteiger partial charge in [-0.1, -0.05) is 0 Å². The van der Waals surface area contributed by atoms with E-state index in [-0.39, 0.29) is 17.3 Å². The Labute approximate surface area is 114 Å². The number of rotatable bonds is 3. The van der Waals surface area contributed by atoms with Gasteiger partial charge in [-0.25, -0.2) is 0 Å². The number of nitrogen functional groups attached to an aromatic ring is 1. The minimum atomic E-state index is -0.307. The van der Waals surface area contributed by atoms with Crippen LogP contribution in [0.3, 0.4) is 0 Å². The Morgan fingerprint density at radius 1 is 1.26 bits per heavy atom. The fraction of sp³-hybridized carbons (Fsp3) is 0.600. The smallest absolute Gasteiger partial charge is 0.142 e. The predicted octanol–water partition coefficient (Wildman–Crippen LogP) is 3.00. The molecule has 1 aliphatic heterocycles. The Kier molecular flexibility index (Phi) is 3.39. The normalized spacial score (nSPS) is 24.2. The van der Waals surface area contributed by atoms with Crippen molar-refractivity contribution in [3.63, 3.8) is 0 Å². The van der Waals surface area contributed by atoms with Crippen molar-refractivity contribution < 1.29 is 14.2 Å². The van der Waals surface area contributed by atoms with Gasteiger partial charge in [0.15, 0.2) is 0 Å². The largest absolute Gasteiger partial charge is 0.495 e. The number of methoxy groups -OCH3 is 1. The molecular weight excluding hydrogens is 242 g/mol. The van der Waals surface area contributed by atoms with E-state index in [1.165, 1.54) is 0 Å². The molecule has 1 aliphatic rings. The van der Waals surface area contributed by atoms with Crippen molar-refractivity contribution in [1.29, 1.82) is 0 Å². The van der Waals surface area contributed by atoms with E-state index in [0.29, 0.717) is 11.4 Å². The van der Waals surface area contributed by atoms with Crippen LogP contribution in [0.4, 0.5) is 5.69 Å². The lowest BCUT2D eigenvalue weighted by atomic mass is 9.97. The van der Waals surface area contributed by atoms with Gasteiger partial charge in [-0.3, -0.25) is 0 Å². The van der Waals surface area contributed by atoms with Gasteiger partial charge in [-0.15, -0.1) is 0 Å². The zero-order valence-corrected chi connectivity index (χ0v) is 12.3. The van der Waals surface area contributed by atoms with Gasteiger partial charge in [0.25, 0.3) is 0 Å². The summed E-state index contributed by atoms with van der Waals surface area (Å²) < 4.78 is 17.2. The van der Waals surface area contributed by atoms with Crippen molar-refractivity contribution in [2.45, 2.75) is 51.4 Å². The molecule has 0 amide bonds. The molecule has 1 aromatic rings. The maximum absolute atomic E-state index is 6.05. The highest BCUT2D eigenvalue weighted by atomic mass is 16.6. The molecule has 0 spiro atoms. The van der Waals surface area contributed by atoms with Gasteiger partial charge in [-0.05, 0) is 39.8 Å². The van der Waals surface area contributed by atoms with E-state index in [2.05, 4.69) is 27.7 Å². The lowest BCUT2D eigenvalue weighted by molar-refractivity contribution is -0.0846. The van der Waals surface area contributed by atoms with Crippen LogP contribution in [0.25, 0.3) is 0 Å². The summed E-state index contributed by atoms with van der Waals surface area (Å²) in [6, 6.07) is 5.48. The number of anilines is 1. The van der Waals surface area contributed by atoms with Gasteiger partial charge in [-0.2, -0.15) is 0 Å². The minimum absolute atomic E-state index is 0.00953. The molecule has 0 bridgehead atoms. The topological polar surface area (TPSA) is 53.7 Å². The third-order valence-electron chi connectivity index (χ3n) is 3.47. The van der Waals surface area contributed by atoms with Crippen LogP contribution in [0.15, 0.2) is 18.2 Å². The summed E-state index contributed by atoms with van der Waals surface area (Å²) in [7, 11) is 1.60. The summed E-state index contributed by atoms with van der Waals surface area (Å²) in [5, 5.41) is 0. The van der Waals surface area contributed by atoms with Crippen LogP contribution in [-0.2, 0) is 4.74 Å². The highest BCUT2D eigenvalue weighted by Crippen LogP contribution is 2.40. The number of hydrogen-bond acceptors (Lipinski definition) is 4. The molecule has 19 heavy (non-hydrogen) atoms. The second kappa shape index (κ2) is 4.60. The first kappa shape index (κ1) is 14.0. The Morgan fingerprint density at radius 3 is 2.42 bits per heavy atom. The molecule has 1 unspecified atom stereocenters. The standard InChI is InChI=1S/C15H23NO3/c1-14(2)9-13(15(3,4)19-14)18-10-6-7-12(17-5)11(16)8-10/h6-8,13H,9,16H2,1-5H3. The van der Waals surface area contributed by atoms with Crippen molar-refractivity contribution in [3.05, 3.63) is 18.2 Å². The number of hydrogen-bond donors (Lipinski definition) is 1. The van der Waals surface area contributed by atoms with Crippen molar-refractivity contribution in [2.24, 2.45) is 0 Å². The summed E-state index contributed by atoms with van der Waals surface area (Å²) in [6.07, 6.45) is 0.863. The van der Waals surface area contributed by atoms with Gasteiger partial charge in [0.05, 0.1) is 18.4 Å². The average molecular weight is 265 g/mol. The maximum Gasteiger partial charge on any atom is 0.142 e. The van der Waals surface area contributed by atoms with Crippen LogP contribution in [0.1, 0.15) is 34.1 Å². The molecule has 1 fully saturated rings. The first-order valence-electron chi connectivity index (χ1n) is 6.54. The maximum atomic E-state index is 6.05. The van der Waals surface area contributed by atoms with E-state index in [1.54, 1.807) is 13.2 Å².